The van der Waals surface area contributed by atoms with E-state index in [0.29, 0.717) is 5.69 Å². The number of hydrogen-bond donors (Lipinski definition) is 1. The Morgan fingerprint density at radius 2 is 2.32 bits per heavy atom. The molecule has 2 rings (SSSR count). The summed E-state index contributed by atoms with van der Waals surface area (Å²) in [5.41, 5.74) is 0.459. The number of halogens is 1. The van der Waals surface area contributed by atoms with Crippen LogP contribution < -0.4 is 5.32 Å². The third-order valence-electron chi connectivity index (χ3n) is 2.77. The van der Waals surface area contributed by atoms with Crippen molar-refractivity contribution < 1.29 is 14.5 Å². The van der Waals surface area contributed by atoms with Crippen LogP contribution in [0.3, 0.4) is 0 Å². The highest BCUT2D eigenvalue weighted by Crippen LogP contribution is 2.33. The number of imidazole rings is 1. The Morgan fingerprint density at radius 3 is 2.91 bits per heavy atom. The number of nitro benzene ring substituents is 1. The van der Waals surface area contributed by atoms with Crippen molar-refractivity contribution in [2.24, 2.45) is 0 Å². The molecule has 8 nitrogen and oxygen atoms in total. The van der Waals surface area contributed by atoms with Gasteiger partial charge in [0, 0.05) is 18.5 Å². The molecule has 0 unspecified atom stereocenters. The van der Waals surface area contributed by atoms with E-state index >= 15 is 0 Å². The van der Waals surface area contributed by atoms with Crippen molar-refractivity contribution in [2.75, 3.05) is 18.5 Å². The van der Waals surface area contributed by atoms with Gasteiger partial charge in [-0.25, -0.2) is 4.98 Å². The second kappa shape index (κ2) is 6.90. The van der Waals surface area contributed by atoms with Gasteiger partial charge in [-0.2, -0.15) is 0 Å². The Balaban J connectivity index is 2.35. The van der Waals surface area contributed by atoms with E-state index in [0.717, 1.165) is 0 Å². The van der Waals surface area contributed by atoms with Crippen LogP contribution in [0, 0.1) is 10.1 Å². The third kappa shape index (κ3) is 3.53. The van der Waals surface area contributed by atoms with E-state index < -0.39 is 10.9 Å². The zero-order valence-electron chi connectivity index (χ0n) is 11.7. The second-order valence-electron chi connectivity index (χ2n) is 4.21. The Morgan fingerprint density at radius 1 is 1.55 bits per heavy atom. The molecule has 0 radical (unpaired) electrons. The van der Waals surface area contributed by atoms with Crippen molar-refractivity contribution in [1.82, 2.24) is 9.55 Å². The lowest BCUT2D eigenvalue weighted by Crippen LogP contribution is -2.17. The molecule has 116 valence electrons. The highest BCUT2D eigenvalue weighted by Gasteiger charge is 2.19. The SMILES string of the molecule is CCOC(=O)CNc1cc(-n2ccnc2)c(Cl)cc1[N+](=O)[O-]. The van der Waals surface area contributed by atoms with Crippen molar-refractivity contribution in [3.8, 4) is 5.69 Å². The smallest absolute Gasteiger partial charge is 0.325 e. The van der Waals surface area contributed by atoms with Crippen LogP contribution in [0.2, 0.25) is 5.02 Å². The van der Waals surface area contributed by atoms with Gasteiger partial charge in [0.15, 0.2) is 0 Å². The van der Waals surface area contributed by atoms with E-state index in [-0.39, 0.29) is 29.5 Å². The Hall–Kier alpha value is -2.61. The molecule has 1 N–H and O–H groups in total. The maximum Gasteiger partial charge on any atom is 0.325 e. The number of anilines is 1. The fourth-order valence-electron chi connectivity index (χ4n) is 1.82. The van der Waals surface area contributed by atoms with Gasteiger partial charge < -0.3 is 14.6 Å². The van der Waals surface area contributed by atoms with E-state index in [9.17, 15) is 14.9 Å². The van der Waals surface area contributed by atoms with Gasteiger partial charge in [-0.05, 0) is 13.0 Å². The number of hydrogen-bond acceptors (Lipinski definition) is 6. The summed E-state index contributed by atoms with van der Waals surface area (Å²) in [5.74, 6) is -0.504. The van der Waals surface area contributed by atoms with Crippen LogP contribution in [0.5, 0.6) is 0 Å². The molecule has 2 aromatic rings. The number of rotatable bonds is 6. The molecule has 0 aliphatic heterocycles. The number of carbonyl (C=O) groups excluding carboxylic acids is 1. The fourth-order valence-corrected chi connectivity index (χ4v) is 2.08. The van der Waals surface area contributed by atoms with E-state index in [1.54, 1.807) is 23.9 Å². The minimum absolute atomic E-state index is 0.172. The number of nitrogens with one attached hydrogen (secondary N) is 1. The van der Waals surface area contributed by atoms with Crippen LogP contribution in [-0.4, -0.2) is 33.6 Å². The van der Waals surface area contributed by atoms with E-state index in [2.05, 4.69) is 10.3 Å². The summed E-state index contributed by atoms with van der Waals surface area (Å²) < 4.78 is 6.39. The lowest BCUT2D eigenvalue weighted by molar-refractivity contribution is -0.383. The average Bonchev–Trinajstić information content (AvgIpc) is 2.99. The molecular weight excluding hydrogens is 312 g/mol. The largest absolute Gasteiger partial charge is 0.465 e. The van der Waals surface area contributed by atoms with Crippen LogP contribution in [0.4, 0.5) is 11.4 Å². The van der Waals surface area contributed by atoms with Crippen LogP contribution in [0.15, 0.2) is 30.9 Å². The molecule has 0 saturated heterocycles. The van der Waals surface area contributed by atoms with E-state index in [4.69, 9.17) is 16.3 Å². The maximum absolute atomic E-state index is 11.4. The van der Waals surface area contributed by atoms with Crippen LogP contribution in [0.25, 0.3) is 5.69 Å². The lowest BCUT2D eigenvalue weighted by atomic mass is 10.2. The Bertz CT molecular complexity index is 688. The summed E-state index contributed by atoms with van der Waals surface area (Å²) in [4.78, 5) is 25.8. The first-order valence-corrected chi connectivity index (χ1v) is 6.76. The number of ether oxygens (including phenoxy) is 1. The van der Waals surface area contributed by atoms with Crippen LogP contribution in [-0.2, 0) is 9.53 Å². The molecule has 0 bridgehead atoms. The van der Waals surface area contributed by atoms with Gasteiger partial charge in [-0.15, -0.1) is 0 Å². The highest BCUT2D eigenvalue weighted by atomic mass is 35.5. The molecule has 9 heteroatoms. The maximum atomic E-state index is 11.4. The standard InChI is InChI=1S/C13H13ClN4O4/c1-2-22-13(19)7-16-10-6-11(17-4-3-15-8-17)9(14)5-12(10)18(20)21/h3-6,8,16H,2,7H2,1H3. The molecule has 0 aliphatic carbocycles. The molecule has 0 fully saturated rings. The van der Waals surface area contributed by atoms with Gasteiger partial charge in [0.2, 0.25) is 0 Å². The number of nitro groups is 1. The minimum atomic E-state index is -0.572. The molecule has 22 heavy (non-hydrogen) atoms. The summed E-state index contributed by atoms with van der Waals surface area (Å²) >= 11 is 6.08. The van der Waals surface area contributed by atoms with E-state index in [1.165, 1.54) is 18.5 Å². The first kappa shape index (κ1) is 15.8. The lowest BCUT2D eigenvalue weighted by Gasteiger charge is -2.11. The van der Waals surface area contributed by atoms with Crippen molar-refractivity contribution in [1.29, 1.82) is 0 Å². The van der Waals surface area contributed by atoms with Gasteiger partial charge in [-0.1, -0.05) is 11.6 Å². The van der Waals surface area contributed by atoms with Crippen molar-refractivity contribution in [2.45, 2.75) is 6.92 Å². The van der Waals surface area contributed by atoms with Crippen molar-refractivity contribution in [3.63, 3.8) is 0 Å². The predicted octanol–water partition coefficient (Wildman–Crippen LogP) is 2.41. The van der Waals surface area contributed by atoms with Crippen LogP contribution in [0.1, 0.15) is 6.92 Å². The summed E-state index contributed by atoms with van der Waals surface area (Å²) in [6.07, 6.45) is 4.73. The number of nitrogens with zero attached hydrogens (tertiary/aromatic N) is 3. The van der Waals surface area contributed by atoms with Crippen LogP contribution >= 0.6 is 11.6 Å². The van der Waals surface area contributed by atoms with Gasteiger partial charge in [-0.3, -0.25) is 14.9 Å². The first-order chi connectivity index (χ1) is 10.5. The summed E-state index contributed by atoms with van der Waals surface area (Å²) in [6.45, 7) is 1.74. The molecule has 1 aromatic heterocycles. The molecule has 0 amide bonds. The Labute approximate surface area is 130 Å². The molecule has 1 heterocycles. The zero-order valence-corrected chi connectivity index (χ0v) is 12.4. The zero-order chi connectivity index (χ0) is 16.1. The summed E-state index contributed by atoms with van der Waals surface area (Å²) in [7, 11) is 0. The molecule has 0 aliphatic rings. The molecule has 0 saturated carbocycles. The second-order valence-corrected chi connectivity index (χ2v) is 4.61. The summed E-state index contributed by atoms with van der Waals surface area (Å²) in [5, 5.41) is 14.0. The van der Waals surface area contributed by atoms with E-state index in [1.807, 2.05) is 0 Å². The molecule has 0 atom stereocenters. The van der Waals surface area contributed by atoms with Gasteiger partial charge in [0.25, 0.3) is 5.69 Å². The van der Waals surface area contributed by atoms with Crippen molar-refractivity contribution in [3.05, 3.63) is 46.0 Å². The molecule has 1 aromatic carbocycles. The highest BCUT2D eigenvalue weighted by molar-refractivity contribution is 6.32. The number of esters is 1. The topological polar surface area (TPSA) is 99.3 Å². The van der Waals surface area contributed by atoms with Gasteiger partial charge in [0.1, 0.15) is 12.2 Å². The predicted molar refractivity (Wildman–Crippen MR) is 80.4 cm³/mol. The summed E-state index contributed by atoms with van der Waals surface area (Å²) in [6, 6.07) is 2.71. The average molecular weight is 325 g/mol. The van der Waals surface area contributed by atoms with Gasteiger partial charge >= 0.3 is 5.97 Å². The molecule has 0 spiro atoms. The van der Waals surface area contributed by atoms with Gasteiger partial charge in [0.05, 0.1) is 28.6 Å². The minimum Gasteiger partial charge on any atom is -0.465 e. The Kier molecular flexibility index (Phi) is 4.95. The number of carbonyl (C=O) groups is 1. The quantitative estimate of drug-likeness (QED) is 0.497. The first-order valence-electron chi connectivity index (χ1n) is 6.38. The van der Waals surface area contributed by atoms with Crippen molar-refractivity contribution >= 4 is 28.9 Å². The third-order valence-corrected chi connectivity index (χ3v) is 3.08. The normalized spacial score (nSPS) is 10.3. The molecular formula is C13H13ClN4O4. The fraction of sp³-hybridized carbons (Fsp3) is 0.231. The number of aromatic nitrogens is 2. The number of benzene rings is 1. The monoisotopic (exact) mass is 324 g/mol.